The number of aromatic nitrogens is 1. The summed E-state index contributed by atoms with van der Waals surface area (Å²) in [6, 6.07) is 1.99. The molecule has 0 bridgehead atoms. The molecule has 1 heterocycles. The predicted molar refractivity (Wildman–Crippen MR) is 71.9 cm³/mol. The Morgan fingerprint density at radius 2 is 2.06 bits per heavy atom. The number of hydrogen-bond acceptors (Lipinski definition) is 3. The largest absolute Gasteiger partial charge is 0.356 e. The van der Waals surface area contributed by atoms with E-state index in [4.69, 9.17) is 5.73 Å². The van der Waals surface area contributed by atoms with Crippen molar-refractivity contribution in [2.45, 2.75) is 45.2 Å². The van der Waals surface area contributed by atoms with Gasteiger partial charge in [-0.05, 0) is 37.7 Å². The van der Waals surface area contributed by atoms with Crippen molar-refractivity contribution in [2.24, 2.45) is 11.7 Å². The van der Waals surface area contributed by atoms with Gasteiger partial charge in [0.2, 0.25) is 0 Å². The standard InChI is InChI=1S/C14H22FN3/c1-10-3-5-13(6-4-10)18(2)14-11(8-16)7-12(15)9-17-14/h7,9-10,13H,3-6,8,16H2,1-2H3. The van der Waals surface area contributed by atoms with Gasteiger partial charge >= 0.3 is 0 Å². The number of pyridine rings is 1. The van der Waals surface area contributed by atoms with Crippen LogP contribution in [0.25, 0.3) is 0 Å². The highest BCUT2D eigenvalue weighted by molar-refractivity contribution is 5.47. The molecule has 0 aliphatic heterocycles. The molecule has 1 fully saturated rings. The van der Waals surface area contributed by atoms with Gasteiger partial charge in [0.15, 0.2) is 0 Å². The van der Waals surface area contributed by atoms with Crippen LogP contribution in [0.3, 0.4) is 0 Å². The lowest BCUT2D eigenvalue weighted by atomic mass is 9.86. The molecule has 0 aromatic carbocycles. The zero-order valence-electron chi connectivity index (χ0n) is 11.2. The Labute approximate surface area is 108 Å². The van der Waals surface area contributed by atoms with Crippen LogP contribution in [-0.4, -0.2) is 18.1 Å². The van der Waals surface area contributed by atoms with Crippen molar-refractivity contribution >= 4 is 5.82 Å². The molecule has 1 aromatic rings. The molecule has 0 amide bonds. The van der Waals surface area contributed by atoms with Gasteiger partial charge in [-0.1, -0.05) is 6.92 Å². The summed E-state index contributed by atoms with van der Waals surface area (Å²) in [6.45, 7) is 2.63. The summed E-state index contributed by atoms with van der Waals surface area (Å²) >= 11 is 0. The fourth-order valence-corrected chi connectivity index (χ4v) is 2.74. The van der Waals surface area contributed by atoms with E-state index in [1.165, 1.54) is 37.9 Å². The number of rotatable bonds is 3. The molecule has 4 heteroatoms. The number of hydrogen-bond donors (Lipinski definition) is 1. The van der Waals surface area contributed by atoms with E-state index in [0.29, 0.717) is 12.6 Å². The Bertz CT molecular complexity index is 400. The highest BCUT2D eigenvalue weighted by Crippen LogP contribution is 2.29. The lowest BCUT2D eigenvalue weighted by molar-refractivity contribution is 0.339. The van der Waals surface area contributed by atoms with Crippen LogP contribution in [0, 0.1) is 11.7 Å². The van der Waals surface area contributed by atoms with Crippen molar-refractivity contribution in [1.29, 1.82) is 0 Å². The molecule has 2 rings (SSSR count). The Balaban J connectivity index is 2.15. The molecule has 0 radical (unpaired) electrons. The minimum Gasteiger partial charge on any atom is -0.356 e. The summed E-state index contributed by atoms with van der Waals surface area (Å²) in [7, 11) is 2.04. The Morgan fingerprint density at radius 1 is 1.39 bits per heavy atom. The quantitative estimate of drug-likeness (QED) is 0.898. The third kappa shape index (κ3) is 2.80. The molecule has 0 saturated heterocycles. The fourth-order valence-electron chi connectivity index (χ4n) is 2.74. The van der Waals surface area contributed by atoms with Crippen LogP contribution in [0.5, 0.6) is 0 Å². The third-order valence-electron chi connectivity index (χ3n) is 4.00. The van der Waals surface area contributed by atoms with E-state index >= 15 is 0 Å². The van der Waals surface area contributed by atoms with Gasteiger partial charge in [-0.25, -0.2) is 9.37 Å². The van der Waals surface area contributed by atoms with Gasteiger partial charge in [-0.2, -0.15) is 0 Å². The Kier molecular flexibility index (Phi) is 4.17. The molecule has 100 valence electrons. The maximum Gasteiger partial charge on any atom is 0.141 e. The van der Waals surface area contributed by atoms with E-state index in [0.717, 1.165) is 17.3 Å². The molecule has 2 N–H and O–H groups in total. The van der Waals surface area contributed by atoms with Crippen LogP contribution < -0.4 is 10.6 Å². The van der Waals surface area contributed by atoms with E-state index in [1.54, 1.807) is 0 Å². The maximum atomic E-state index is 13.2. The second kappa shape index (κ2) is 5.65. The first-order valence-corrected chi connectivity index (χ1v) is 6.69. The maximum absolute atomic E-state index is 13.2. The van der Waals surface area contributed by atoms with E-state index in [-0.39, 0.29) is 5.82 Å². The molecule has 0 unspecified atom stereocenters. The van der Waals surface area contributed by atoms with E-state index in [9.17, 15) is 4.39 Å². The third-order valence-corrected chi connectivity index (χ3v) is 4.00. The van der Waals surface area contributed by atoms with Gasteiger partial charge in [0.05, 0.1) is 6.20 Å². The lowest BCUT2D eigenvalue weighted by Gasteiger charge is -2.35. The molecule has 0 spiro atoms. The van der Waals surface area contributed by atoms with Gasteiger partial charge in [-0.3, -0.25) is 0 Å². The van der Waals surface area contributed by atoms with E-state index < -0.39 is 0 Å². The first kappa shape index (κ1) is 13.3. The molecule has 0 atom stereocenters. The Hall–Kier alpha value is -1.16. The topological polar surface area (TPSA) is 42.2 Å². The van der Waals surface area contributed by atoms with Crippen molar-refractivity contribution in [1.82, 2.24) is 4.98 Å². The second-order valence-corrected chi connectivity index (χ2v) is 5.36. The first-order valence-electron chi connectivity index (χ1n) is 6.69. The SMILES string of the molecule is CC1CCC(N(C)c2ncc(F)cc2CN)CC1. The molecule has 1 saturated carbocycles. The van der Waals surface area contributed by atoms with Crippen molar-refractivity contribution in [2.75, 3.05) is 11.9 Å². The first-order chi connectivity index (χ1) is 8.61. The average Bonchev–Trinajstić information content (AvgIpc) is 2.38. The zero-order valence-corrected chi connectivity index (χ0v) is 11.2. The van der Waals surface area contributed by atoms with Gasteiger partial charge < -0.3 is 10.6 Å². The zero-order chi connectivity index (χ0) is 13.1. The molecule has 18 heavy (non-hydrogen) atoms. The van der Waals surface area contributed by atoms with Crippen LogP contribution in [0.4, 0.5) is 10.2 Å². The molecule has 1 aliphatic rings. The summed E-state index contributed by atoms with van der Waals surface area (Å²) in [5.74, 6) is 1.34. The summed E-state index contributed by atoms with van der Waals surface area (Å²) in [5, 5.41) is 0. The molecule has 1 aliphatic carbocycles. The van der Waals surface area contributed by atoms with Crippen LogP contribution in [-0.2, 0) is 6.54 Å². The van der Waals surface area contributed by atoms with Crippen molar-refractivity contribution in [3.8, 4) is 0 Å². The lowest BCUT2D eigenvalue weighted by Crippen LogP contribution is -2.36. The van der Waals surface area contributed by atoms with E-state index in [1.807, 2.05) is 7.05 Å². The van der Waals surface area contributed by atoms with Gasteiger partial charge in [0, 0.05) is 25.2 Å². The highest BCUT2D eigenvalue weighted by Gasteiger charge is 2.23. The average molecular weight is 251 g/mol. The number of halogens is 1. The minimum atomic E-state index is -0.315. The molecular formula is C14H22FN3. The van der Waals surface area contributed by atoms with Gasteiger partial charge in [0.25, 0.3) is 0 Å². The monoisotopic (exact) mass is 251 g/mol. The van der Waals surface area contributed by atoms with Crippen LogP contribution in [0.15, 0.2) is 12.3 Å². The Morgan fingerprint density at radius 3 is 2.67 bits per heavy atom. The van der Waals surface area contributed by atoms with Gasteiger partial charge in [-0.15, -0.1) is 0 Å². The van der Waals surface area contributed by atoms with E-state index in [2.05, 4.69) is 16.8 Å². The molecule has 1 aromatic heterocycles. The summed E-state index contributed by atoms with van der Waals surface area (Å²) in [4.78, 5) is 6.39. The smallest absolute Gasteiger partial charge is 0.141 e. The second-order valence-electron chi connectivity index (χ2n) is 5.36. The van der Waals surface area contributed by atoms with Crippen molar-refractivity contribution in [3.63, 3.8) is 0 Å². The highest BCUT2D eigenvalue weighted by atomic mass is 19.1. The van der Waals surface area contributed by atoms with Crippen LogP contribution >= 0.6 is 0 Å². The number of nitrogens with two attached hydrogens (primary N) is 1. The summed E-state index contributed by atoms with van der Waals surface area (Å²) < 4.78 is 13.2. The minimum absolute atomic E-state index is 0.315. The van der Waals surface area contributed by atoms with Gasteiger partial charge in [0.1, 0.15) is 11.6 Å². The molecule has 3 nitrogen and oxygen atoms in total. The summed E-state index contributed by atoms with van der Waals surface area (Å²) in [6.07, 6.45) is 6.15. The normalized spacial score (nSPS) is 24.0. The fraction of sp³-hybridized carbons (Fsp3) is 0.643. The van der Waals surface area contributed by atoms with Crippen molar-refractivity contribution in [3.05, 3.63) is 23.6 Å². The number of anilines is 1. The number of nitrogens with zero attached hydrogens (tertiary/aromatic N) is 2. The molecular weight excluding hydrogens is 229 g/mol. The van der Waals surface area contributed by atoms with Crippen LogP contribution in [0.1, 0.15) is 38.2 Å². The predicted octanol–water partition coefficient (Wildman–Crippen LogP) is 2.69. The summed E-state index contributed by atoms with van der Waals surface area (Å²) in [5.41, 5.74) is 6.46. The van der Waals surface area contributed by atoms with Crippen LogP contribution in [0.2, 0.25) is 0 Å². The van der Waals surface area contributed by atoms with Crippen molar-refractivity contribution < 1.29 is 4.39 Å².